The molecule has 0 spiro atoms. The van der Waals surface area contributed by atoms with E-state index in [1.165, 1.54) is 0 Å². The molecule has 0 unspecified atom stereocenters. The van der Waals surface area contributed by atoms with Gasteiger partial charge in [0.05, 0.1) is 16.8 Å². The van der Waals surface area contributed by atoms with E-state index in [0.29, 0.717) is 17.7 Å². The molecular weight excluding hydrogens is 342 g/mol. The van der Waals surface area contributed by atoms with Crippen molar-refractivity contribution in [1.29, 1.82) is 0 Å². The fraction of sp³-hybridized carbons (Fsp3) is 0.238. The van der Waals surface area contributed by atoms with E-state index in [1.54, 1.807) is 11.5 Å². The summed E-state index contributed by atoms with van der Waals surface area (Å²) in [4.78, 5) is 11.8. The van der Waals surface area contributed by atoms with Crippen LogP contribution in [0.2, 0.25) is 0 Å². The summed E-state index contributed by atoms with van der Waals surface area (Å²) in [6.07, 6.45) is 0.586. The molecule has 1 amide bonds. The largest absolute Gasteiger partial charge is 0.494 e. The number of aromatic hydroxyl groups is 1. The van der Waals surface area contributed by atoms with Crippen LogP contribution in [0.25, 0.3) is 16.6 Å². The molecule has 0 atom stereocenters. The zero-order valence-corrected chi connectivity index (χ0v) is 15.4. The second-order valence-corrected chi connectivity index (χ2v) is 6.45. The minimum atomic E-state index is -0.273. The molecular formula is C21H23N3O3. The number of hydrogen-bond donors (Lipinski definition) is 3. The van der Waals surface area contributed by atoms with Gasteiger partial charge >= 0.3 is 0 Å². The number of amides is 1. The van der Waals surface area contributed by atoms with Crippen LogP contribution in [0.15, 0.2) is 53.6 Å². The molecule has 6 heteroatoms. The normalized spacial score (nSPS) is 11.7. The van der Waals surface area contributed by atoms with Crippen molar-refractivity contribution in [3.05, 3.63) is 59.7 Å². The number of nitrogens with one attached hydrogen (secondary N) is 1. The Morgan fingerprint density at radius 2 is 1.93 bits per heavy atom. The van der Waals surface area contributed by atoms with Crippen LogP contribution >= 0.6 is 0 Å². The average Bonchev–Trinajstić information content (AvgIpc) is 2.96. The van der Waals surface area contributed by atoms with Gasteiger partial charge in [-0.3, -0.25) is 9.36 Å². The molecule has 0 aliphatic carbocycles. The first-order valence-corrected chi connectivity index (χ1v) is 8.86. The quantitative estimate of drug-likeness (QED) is 0.463. The van der Waals surface area contributed by atoms with Crippen LogP contribution in [0.1, 0.15) is 30.9 Å². The van der Waals surface area contributed by atoms with Crippen molar-refractivity contribution in [1.82, 2.24) is 9.99 Å². The third-order valence-electron chi connectivity index (χ3n) is 4.39. The molecule has 0 saturated heterocycles. The number of nitrogens with zero attached hydrogens (tertiary/aromatic N) is 2. The number of aryl methyl sites for hydroxylation is 1. The lowest BCUT2D eigenvalue weighted by Gasteiger charge is -2.07. The van der Waals surface area contributed by atoms with Crippen molar-refractivity contribution in [2.75, 3.05) is 6.61 Å². The number of aliphatic hydroxyl groups excluding tert-OH is 1. The second kappa shape index (κ2) is 8.05. The minimum Gasteiger partial charge on any atom is -0.494 e. The first-order chi connectivity index (χ1) is 13.0. The summed E-state index contributed by atoms with van der Waals surface area (Å²) in [7, 11) is 0. The number of carbonyl (C=O) groups is 1. The Labute approximate surface area is 157 Å². The van der Waals surface area contributed by atoms with E-state index in [4.69, 9.17) is 5.11 Å². The molecule has 3 rings (SSSR count). The summed E-state index contributed by atoms with van der Waals surface area (Å²) in [5, 5.41) is 24.8. The van der Waals surface area contributed by atoms with E-state index in [-0.39, 0.29) is 24.8 Å². The summed E-state index contributed by atoms with van der Waals surface area (Å²) in [5.74, 6) is -0.196. The molecule has 140 valence electrons. The van der Waals surface area contributed by atoms with Crippen molar-refractivity contribution in [2.24, 2.45) is 5.10 Å². The standard InChI is InChI=1S/C21H23N3O3/c1-14-10-11-17-18(13-14)24(16-7-4-3-5-8-16)21(27)20(17)15(2)22-23-19(26)9-6-12-25/h3-5,7-8,10-11,13,25,27H,6,9,12H2,1-2H3,(H,23,26). The van der Waals surface area contributed by atoms with Gasteiger partial charge in [-0.2, -0.15) is 5.10 Å². The van der Waals surface area contributed by atoms with Crippen LogP contribution in [0.3, 0.4) is 0 Å². The van der Waals surface area contributed by atoms with Crippen molar-refractivity contribution >= 4 is 22.5 Å². The topological polar surface area (TPSA) is 86.8 Å². The molecule has 0 fully saturated rings. The molecule has 6 nitrogen and oxygen atoms in total. The highest BCUT2D eigenvalue weighted by Crippen LogP contribution is 2.35. The number of para-hydroxylation sites is 1. The van der Waals surface area contributed by atoms with E-state index < -0.39 is 0 Å². The predicted octanol–water partition coefficient (Wildman–Crippen LogP) is 3.26. The zero-order chi connectivity index (χ0) is 19.4. The Morgan fingerprint density at radius 3 is 2.63 bits per heavy atom. The fourth-order valence-corrected chi connectivity index (χ4v) is 3.08. The van der Waals surface area contributed by atoms with Gasteiger partial charge in [0.1, 0.15) is 0 Å². The monoisotopic (exact) mass is 365 g/mol. The summed E-state index contributed by atoms with van der Waals surface area (Å²) in [5.41, 5.74) is 6.37. The SMILES string of the molecule is CC(=NNC(=O)CCCO)c1c(O)n(-c2ccccc2)c2cc(C)ccc12. The van der Waals surface area contributed by atoms with Crippen LogP contribution in [0.5, 0.6) is 5.88 Å². The van der Waals surface area contributed by atoms with Crippen LogP contribution in [0.4, 0.5) is 0 Å². The average molecular weight is 365 g/mol. The minimum absolute atomic E-state index is 0.0409. The van der Waals surface area contributed by atoms with Crippen LogP contribution in [-0.4, -0.2) is 33.0 Å². The Morgan fingerprint density at radius 1 is 1.19 bits per heavy atom. The summed E-state index contributed by atoms with van der Waals surface area (Å²) in [6.45, 7) is 3.71. The van der Waals surface area contributed by atoms with Crippen LogP contribution < -0.4 is 5.43 Å². The molecule has 0 aliphatic heterocycles. The van der Waals surface area contributed by atoms with Gasteiger partial charge in [-0.15, -0.1) is 0 Å². The van der Waals surface area contributed by atoms with Crippen molar-refractivity contribution in [2.45, 2.75) is 26.7 Å². The highest BCUT2D eigenvalue weighted by molar-refractivity contribution is 6.13. The van der Waals surface area contributed by atoms with Gasteiger partial charge in [0.2, 0.25) is 11.8 Å². The molecule has 0 bridgehead atoms. The number of fused-ring (bicyclic) bond motifs is 1. The molecule has 0 saturated carbocycles. The first kappa shape index (κ1) is 18.7. The third kappa shape index (κ3) is 3.85. The van der Waals surface area contributed by atoms with E-state index in [2.05, 4.69) is 10.5 Å². The van der Waals surface area contributed by atoms with Gasteiger partial charge < -0.3 is 10.2 Å². The Hall–Kier alpha value is -3.12. The van der Waals surface area contributed by atoms with E-state index in [0.717, 1.165) is 22.2 Å². The highest BCUT2D eigenvalue weighted by Gasteiger charge is 2.20. The number of hydrogen-bond acceptors (Lipinski definition) is 4. The molecule has 3 N–H and O–H groups in total. The maximum Gasteiger partial charge on any atom is 0.240 e. The first-order valence-electron chi connectivity index (χ1n) is 8.86. The van der Waals surface area contributed by atoms with E-state index in [9.17, 15) is 9.90 Å². The number of aliphatic hydroxyl groups is 1. The molecule has 2 aromatic carbocycles. The summed E-state index contributed by atoms with van der Waals surface area (Å²) >= 11 is 0. The Bertz CT molecular complexity index is 991. The molecule has 1 aromatic heterocycles. The number of hydrazone groups is 1. The third-order valence-corrected chi connectivity index (χ3v) is 4.39. The summed E-state index contributed by atoms with van der Waals surface area (Å²) < 4.78 is 1.78. The molecule has 3 aromatic rings. The maximum absolute atomic E-state index is 11.8. The van der Waals surface area contributed by atoms with Gasteiger partial charge in [-0.1, -0.05) is 30.3 Å². The molecule has 27 heavy (non-hydrogen) atoms. The van der Waals surface area contributed by atoms with Gasteiger partial charge in [0.25, 0.3) is 0 Å². The van der Waals surface area contributed by atoms with Crippen molar-refractivity contribution in [3.63, 3.8) is 0 Å². The molecule has 1 heterocycles. The van der Waals surface area contributed by atoms with Crippen molar-refractivity contribution in [3.8, 4) is 11.6 Å². The lowest BCUT2D eigenvalue weighted by molar-refractivity contribution is -0.121. The Balaban J connectivity index is 2.08. The Kier molecular flexibility index (Phi) is 5.57. The van der Waals surface area contributed by atoms with Gasteiger partial charge in [-0.25, -0.2) is 5.43 Å². The number of carbonyl (C=O) groups excluding carboxylic acids is 1. The molecule has 0 aliphatic rings. The van der Waals surface area contributed by atoms with E-state index in [1.807, 2.05) is 55.5 Å². The van der Waals surface area contributed by atoms with Crippen LogP contribution in [-0.2, 0) is 4.79 Å². The summed E-state index contributed by atoms with van der Waals surface area (Å²) in [6, 6.07) is 15.5. The lowest BCUT2D eigenvalue weighted by Crippen LogP contribution is -2.19. The van der Waals surface area contributed by atoms with Gasteiger partial charge in [-0.05, 0) is 44.0 Å². The fourth-order valence-electron chi connectivity index (χ4n) is 3.08. The van der Waals surface area contributed by atoms with Crippen molar-refractivity contribution < 1.29 is 15.0 Å². The van der Waals surface area contributed by atoms with Gasteiger partial charge in [0, 0.05) is 24.1 Å². The van der Waals surface area contributed by atoms with Crippen LogP contribution in [0, 0.1) is 6.92 Å². The van der Waals surface area contributed by atoms with E-state index >= 15 is 0 Å². The molecule has 0 radical (unpaired) electrons. The second-order valence-electron chi connectivity index (χ2n) is 6.45. The smallest absolute Gasteiger partial charge is 0.240 e. The lowest BCUT2D eigenvalue weighted by atomic mass is 10.1. The van der Waals surface area contributed by atoms with Gasteiger partial charge in [0.15, 0.2) is 0 Å². The number of benzene rings is 2. The predicted molar refractivity (Wildman–Crippen MR) is 106 cm³/mol. The zero-order valence-electron chi connectivity index (χ0n) is 15.4. The highest BCUT2D eigenvalue weighted by atomic mass is 16.3. The number of aromatic nitrogens is 1. The number of rotatable bonds is 6. The maximum atomic E-state index is 11.8.